The molecule has 0 aliphatic heterocycles. The van der Waals surface area contributed by atoms with Crippen molar-refractivity contribution < 1.29 is 14.3 Å². The van der Waals surface area contributed by atoms with Crippen LogP contribution in [-0.2, 0) is 10.2 Å². The van der Waals surface area contributed by atoms with Crippen molar-refractivity contribution in [1.82, 2.24) is 10.3 Å². The van der Waals surface area contributed by atoms with Crippen molar-refractivity contribution in [2.45, 2.75) is 26.2 Å². The van der Waals surface area contributed by atoms with Crippen molar-refractivity contribution in [3.05, 3.63) is 64.4 Å². The number of aromatic nitrogens is 1. The summed E-state index contributed by atoms with van der Waals surface area (Å²) in [6, 6.07) is 10.5. The van der Waals surface area contributed by atoms with Crippen LogP contribution in [0.5, 0.6) is 0 Å². The van der Waals surface area contributed by atoms with Crippen LogP contribution in [0, 0.1) is 0 Å². The molecule has 0 spiro atoms. The number of hydrogen-bond donors (Lipinski definition) is 1. The van der Waals surface area contributed by atoms with Gasteiger partial charge in [0.15, 0.2) is 0 Å². The maximum atomic E-state index is 12.0. The third kappa shape index (κ3) is 5.29. The van der Waals surface area contributed by atoms with Crippen molar-refractivity contribution in [2.75, 3.05) is 13.2 Å². The van der Waals surface area contributed by atoms with E-state index >= 15 is 0 Å². The van der Waals surface area contributed by atoms with Gasteiger partial charge in [0.2, 0.25) is 0 Å². The van der Waals surface area contributed by atoms with Crippen LogP contribution in [-0.4, -0.2) is 30.0 Å². The number of nitrogens with zero attached hydrogens (tertiary/aromatic N) is 1. The summed E-state index contributed by atoms with van der Waals surface area (Å²) in [7, 11) is 0. The first kappa shape index (κ1) is 18.9. The van der Waals surface area contributed by atoms with Gasteiger partial charge in [0, 0.05) is 6.20 Å². The molecule has 0 saturated heterocycles. The Hall–Kier alpha value is -2.40. The molecule has 6 heteroatoms. The molecule has 0 fully saturated rings. The highest BCUT2D eigenvalue weighted by Crippen LogP contribution is 2.22. The number of hydrogen-bond acceptors (Lipinski definition) is 4. The van der Waals surface area contributed by atoms with Crippen LogP contribution in [0.25, 0.3) is 0 Å². The average molecular weight is 361 g/mol. The van der Waals surface area contributed by atoms with Gasteiger partial charge in [-0.25, -0.2) is 9.78 Å². The van der Waals surface area contributed by atoms with E-state index in [-0.39, 0.29) is 35.2 Å². The quantitative estimate of drug-likeness (QED) is 0.502. The fraction of sp³-hybridized carbons (Fsp3) is 0.316. The van der Waals surface area contributed by atoms with Gasteiger partial charge in [0.1, 0.15) is 11.8 Å². The second kappa shape index (κ2) is 8.12. The zero-order valence-electron chi connectivity index (χ0n) is 14.5. The molecule has 25 heavy (non-hydrogen) atoms. The molecule has 0 radical (unpaired) electrons. The van der Waals surface area contributed by atoms with Gasteiger partial charge in [-0.2, -0.15) is 0 Å². The molecule has 1 amide bonds. The van der Waals surface area contributed by atoms with E-state index in [1.807, 2.05) is 12.1 Å². The van der Waals surface area contributed by atoms with Crippen LogP contribution in [0.15, 0.2) is 42.6 Å². The van der Waals surface area contributed by atoms with Crippen LogP contribution >= 0.6 is 11.6 Å². The molecule has 0 saturated carbocycles. The lowest BCUT2D eigenvalue weighted by Gasteiger charge is -2.18. The fourth-order valence-electron chi connectivity index (χ4n) is 2.15. The Morgan fingerprint density at radius 2 is 1.84 bits per heavy atom. The largest absolute Gasteiger partial charge is 0.460 e. The van der Waals surface area contributed by atoms with Crippen LogP contribution in [0.3, 0.4) is 0 Å². The first-order chi connectivity index (χ1) is 11.8. The minimum absolute atomic E-state index is 0.0281. The molecule has 1 heterocycles. The number of benzene rings is 1. The molecule has 0 aliphatic rings. The molecule has 5 nitrogen and oxygen atoms in total. The number of halogens is 1. The maximum Gasteiger partial charge on any atom is 0.338 e. The Bertz CT molecular complexity index is 752. The molecule has 0 atom stereocenters. The number of ether oxygens (including phenoxy) is 1. The van der Waals surface area contributed by atoms with Gasteiger partial charge < -0.3 is 10.1 Å². The van der Waals surface area contributed by atoms with E-state index in [2.05, 4.69) is 31.1 Å². The lowest BCUT2D eigenvalue weighted by atomic mass is 9.87. The highest BCUT2D eigenvalue weighted by atomic mass is 35.5. The van der Waals surface area contributed by atoms with Crippen LogP contribution in [0.1, 0.15) is 47.1 Å². The molecule has 1 aromatic heterocycles. The minimum atomic E-state index is -0.422. The van der Waals surface area contributed by atoms with Gasteiger partial charge >= 0.3 is 5.97 Å². The van der Waals surface area contributed by atoms with E-state index in [4.69, 9.17) is 16.3 Å². The topological polar surface area (TPSA) is 68.3 Å². The zero-order chi connectivity index (χ0) is 18.4. The average Bonchev–Trinajstić information content (AvgIpc) is 2.58. The van der Waals surface area contributed by atoms with E-state index in [0.29, 0.717) is 5.56 Å². The summed E-state index contributed by atoms with van der Waals surface area (Å²) in [5, 5.41) is 2.77. The van der Waals surface area contributed by atoms with Crippen molar-refractivity contribution in [3.8, 4) is 0 Å². The number of carbonyl (C=O) groups is 2. The van der Waals surface area contributed by atoms with E-state index in [1.165, 1.54) is 6.20 Å². The molecule has 0 aliphatic carbocycles. The highest BCUT2D eigenvalue weighted by Gasteiger charge is 2.15. The van der Waals surface area contributed by atoms with Crippen LogP contribution in [0.4, 0.5) is 0 Å². The number of rotatable bonds is 5. The predicted molar refractivity (Wildman–Crippen MR) is 97.0 cm³/mol. The second-order valence-corrected chi connectivity index (χ2v) is 6.92. The summed E-state index contributed by atoms with van der Waals surface area (Å²) in [4.78, 5) is 27.8. The van der Waals surface area contributed by atoms with E-state index in [1.54, 1.807) is 24.3 Å². The maximum absolute atomic E-state index is 12.0. The minimum Gasteiger partial charge on any atom is -0.460 e. The summed E-state index contributed by atoms with van der Waals surface area (Å²) in [5.41, 5.74) is 1.94. The highest BCUT2D eigenvalue weighted by molar-refractivity contribution is 6.32. The van der Waals surface area contributed by atoms with E-state index in [0.717, 1.165) is 5.56 Å². The lowest BCUT2D eigenvalue weighted by molar-refractivity contribution is 0.0503. The van der Waals surface area contributed by atoms with Gasteiger partial charge in [-0.3, -0.25) is 4.79 Å². The molecule has 1 N–H and O–H groups in total. The summed E-state index contributed by atoms with van der Waals surface area (Å²) < 4.78 is 5.17. The molecule has 2 aromatic rings. The Morgan fingerprint density at radius 1 is 1.16 bits per heavy atom. The second-order valence-electron chi connectivity index (χ2n) is 6.56. The summed E-state index contributed by atoms with van der Waals surface area (Å²) >= 11 is 5.85. The van der Waals surface area contributed by atoms with Crippen molar-refractivity contribution in [1.29, 1.82) is 0 Å². The van der Waals surface area contributed by atoms with Gasteiger partial charge in [0.05, 0.1) is 17.7 Å². The Balaban J connectivity index is 1.81. The molecule has 132 valence electrons. The third-order valence-electron chi connectivity index (χ3n) is 3.61. The van der Waals surface area contributed by atoms with E-state index in [9.17, 15) is 9.59 Å². The van der Waals surface area contributed by atoms with Gasteiger partial charge in [-0.1, -0.05) is 44.5 Å². The fourth-order valence-corrected chi connectivity index (χ4v) is 2.35. The summed E-state index contributed by atoms with van der Waals surface area (Å²) in [5.74, 6) is -0.780. The molecule has 2 rings (SSSR count). The molecule has 0 bridgehead atoms. The van der Waals surface area contributed by atoms with Crippen LogP contribution < -0.4 is 5.32 Å². The molecule has 0 unspecified atom stereocenters. The number of pyridine rings is 1. The van der Waals surface area contributed by atoms with Gasteiger partial charge in [0.25, 0.3) is 5.91 Å². The zero-order valence-corrected chi connectivity index (χ0v) is 15.3. The summed E-state index contributed by atoms with van der Waals surface area (Å²) in [6.07, 6.45) is 1.51. The van der Waals surface area contributed by atoms with Crippen molar-refractivity contribution in [2.24, 2.45) is 0 Å². The Morgan fingerprint density at radius 3 is 2.44 bits per heavy atom. The number of nitrogens with one attached hydrogen (secondary N) is 1. The van der Waals surface area contributed by atoms with Crippen molar-refractivity contribution >= 4 is 23.5 Å². The van der Waals surface area contributed by atoms with Gasteiger partial charge in [-0.05, 0) is 35.2 Å². The SMILES string of the molecule is CC(C)(C)c1ccc(C(=O)OCCNC(=O)c2cccnc2Cl)cc1. The van der Waals surface area contributed by atoms with Crippen LogP contribution in [0.2, 0.25) is 5.15 Å². The Labute approximate surface area is 152 Å². The first-order valence-electron chi connectivity index (χ1n) is 7.95. The molecular formula is C19H21ClN2O3. The monoisotopic (exact) mass is 360 g/mol. The summed E-state index contributed by atoms with van der Waals surface area (Å²) in [6.45, 7) is 6.59. The standard InChI is InChI=1S/C19H21ClN2O3/c1-19(2,3)14-8-6-13(7-9-14)18(24)25-12-11-22-17(23)15-5-4-10-21-16(15)20/h4-10H,11-12H2,1-3H3,(H,22,23). The van der Waals surface area contributed by atoms with Crippen molar-refractivity contribution in [3.63, 3.8) is 0 Å². The smallest absolute Gasteiger partial charge is 0.338 e. The molecular weight excluding hydrogens is 340 g/mol. The first-order valence-corrected chi connectivity index (χ1v) is 8.33. The number of amides is 1. The Kier molecular flexibility index (Phi) is 6.15. The third-order valence-corrected chi connectivity index (χ3v) is 3.91. The number of carbonyl (C=O) groups excluding carboxylic acids is 2. The number of esters is 1. The van der Waals surface area contributed by atoms with Gasteiger partial charge in [-0.15, -0.1) is 0 Å². The lowest BCUT2D eigenvalue weighted by Crippen LogP contribution is -2.28. The van der Waals surface area contributed by atoms with E-state index < -0.39 is 5.97 Å². The predicted octanol–water partition coefficient (Wildman–Crippen LogP) is 3.62. The molecule has 1 aromatic carbocycles. The normalized spacial score (nSPS) is 11.0.